The Kier molecular flexibility index (Phi) is 5.53. The first-order valence-electron chi connectivity index (χ1n) is 8.75. The number of anilines is 2. The lowest BCUT2D eigenvalue weighted by Gasteiger charge is -2.35. The van der Waals surface area contributed by atoms with E-state index in [1.165, 1.54) is 6.42 Å². The number of likely N-dealkylation sites (tertiary alicyclic amines) is 1. The molecular formula is C19H23ClN4O. The minimum absolute atomic E-state index is 0.0141. The summed E-state index contributed by atoms with van der Waals surface area (Å²) < 4.78 is 0. The maximum absolute atomic E-state index is 12.9. The third-order valence-electron chi connectivity index (χ3n) is 4.68. The van der Waals surface area contributed by atoms with Crippen LogP contribution in [0.25, 0.3) is 0 Å². The van der Waals surface area contributed by atoms with Crippen LogP contribution in [0.15, 0.2) is 30.5 Å². The molecule has 25 heavy (non-hydrogen) atoms. The van der Waals surface area contributed by atoms with Crippen LogP contribution in [0.2, 0.25) is 5.02 Å². The number of piperidine rings is 1. The van der Waals surface area contributed by atoms with Crippen LogP contribution in [-0.2, 0) is 0 Å². The van der Waals surface area contributed by atoms with Crippen LogP contribution in [-0.4, -0.2) is 33.4 Å². The lowest BCUT2D eigenvalue weighted by molar-refractivity contribution is 0.0602. The molecule has 1 aromatic carbocycles. The van der Waals surface area contributed by atoms with Gasteiger partial charge in [0.2, 0.25) is 5.95 Å². The van der Waals surface area contributed by atoms with Crippen molar-refractivity contribution < 1.29 is 4.79 Å². The molecule has 0 spiro atoms. The van der Waals surface area contributed by atoms with Gasteiger partial charge in [-0.25, -0.2) is 9.97 Å². The quantitative estimate of drug-likeness (QED) is 0.868. The number of nitrogens with one attached hydrogen (secondary N) is 1. The number of nitrogens with zero attached hydrogens (tertiary/aromatic N) is 3. The van der Waals surface area contributed by atoms with E-state index in [0.29, 0.717) is 22.7 Å². The van der Waals surface area contributed by atoms with E-state index in [9.17, 15) is 4.79 Å². The average molecular weight is 359 g/mol. The Balaban J connectivity index is 1.81. The molecule has 1 amide bonds. The highest BCUT2D eigenvalue weighted by atomic mass is 35.5. The number of carbonyl (C=O) groups is 1. The van der Waals surface area contributed by atoms with Gasteiger partial charge in [0.15, 0.2) is 0 Å². The molecule has 1 aliphatic rings. The second-order valence-electron chi connectivity index (χ2n) is 6.41. The van der Waals surface area contributed by atoms with Crippen molar-refractivity contribution in [3.05, 3.63) is 46.7 Å². The van der Waals surface area contributed by atoms with Crippen LogP contribution in [0.5, 0.6) is 0 Å². The number of hydrogen-bond donors (Lipinski definition) is 1. The minimum atomic E-state index is -0.0141. The number of halogens is 1. The van der Waals surface area contributed by atoms with Crippen LogP contribution < -0.4 is 5.32 Å². The topological polar surface area (TPSA) is 58.1 Å². The Morgan fingerprint density at radius 2 is 2.20 bits per heavy atom. The predicted octanol–water partition coefficient (Wildman–Crippen LogP) is 4.59. The van der Waals surface area contributed by atoms with Gasteiger partial charge < -0.3 is 10.2 Å². The largest absolute Gasteiger partial charge is 0.334 e. The number of rotatable bonds is 4. The summed E-state index contributed by atoms with van der Waals surface area (Å²) >= 11 is 6.06. The van der Waals surface area contributed by atoms with Crippen molar-refractivity contribution in [2.24, 2.45) is 0 Å². The Labute approximate surface area is 153 Å². The monoisotopic (exact) mass is 358 g/mol. The molecule has 1 fully saturated rings. The highest BCUT2D eigenvalue weighted by molar-refractivity contribution is 6.30. The highest BCUT2D eigenvalue weighted by Crippen LogP contribution is 2.24. The van der Waals surface area contributed by atoms with Gasteiger partial charge in [0.05, 0.1) is 0 Å². The van der Waals surface area contributed by atoms with Gasteiger partial charge in [0, 0.05) is 29.5 Å². The molecular weight excluding hydrogens is 336 g/mol. The van der Waals surface area contributed by atoms with Crippen LogP contribution >= 0.6 is 11.6 Å². The van der Waals surface area contributed by atoms with Crippen LogP contribution in [0.1, 0.15) is 48.7 Å². The first-order chi connectivity index (χ1) is 12.1. The first kappa shape index (κ1) is 17.7. The summed E-state index contributed by atoms with van der Waals surface area (Å²) in [6.07, 6.45) is 5.91. The summed E-state index contributed by atoms with van der Waals surface area (Å²) in [5, 5.41) is 3.80. The van der Waals surface area contributed by atoms with Crippen molar-refractivity contribution in [1.29, 1.82) is 0 Å². The van der Waals surface area contributed by atoms with E-state index in [-0.39, 0.29) is 5.91 Å². The van der Waals surface area contributed by atoms with E-state index in [1.54, 1.807) is 12.3 Å². The summed E-state index contributed by atoms with van der Waals surface area (Å²) in [4.78, 5) is 23.5. The molecule has 132 valence electrons. The molecule has 5 nitrogen and oxygen atoms in total. The lowest BCUT2D eigenvalue weighted by atomic mass is 9.99. The predicted molar refractivity (Wildman–Crippen MR) is 100 cm³/mol. The van der Waals surface area contributed by atoms with Crippen molar-refractivity contribution in [2.45, 2.75) is 45.6 Å². The van der Waals surface area contributed by atoms with Crippen LogP contribution in [0, 0.1) is 6.92 Å². The molecule has 2 heterocycles. The molecule has 0 bridgehead atoms. The van der Waals surface area contributed by atoms with Crippen molar-refractivity contribution in [1.82, 2.24) is 14.9 Å². The van der Waals surface area contributed by atoms with Gasteiger partial charge in [-0.15, -0.1) is 0 Å². The summed E-state index contributed by atoms with van der Waals surface area (Å²) in [5.41, 5.74) is 2.30. The summed E-state index contributed by atoms with van der Waals surface area (Å²) in [5.74, 6) is 0.390. The lowest BCUT2D eigenvalue weighted by Crippen LogP contribution is -2.43. The molecule has 1 aliphatic heterocycles. The van der Waals surface area contributed by atoms with E-state index in [0.717, 1.165) is 37.1 Å². The number of carbonyl (C=O) groups excluding carboxylic acids is 1. The normalized spacial score (nSPS) is 17.4. The summed E-state index contributed by atoms with van der Waals surface area (Å²) in [7, 11) is 0. The zero-order valence-electron chi connectivity index (χ0n) is 14.6. The van der Waals surface area contributed by atoms with Gasteiger partial charge in [-0.3, -0.25) is 4.79 Å². The SMILES string of the molecule is CCC1CCCCN1C(=O)c1ccnc(Nc2cc(Cl)ccc2C)n1. The van der Waals surface area contributed by atoms with Gasteiger partial charge in [0.25, 0.3) is 5.91 Å². The van der Waals surface area contributed by atoms with E-state index >= 15 is 0 Å². The molecule has 1 atom stereocenters. The van der Waals surface area contributed by atoms with Gasteiger partial charge in [0.1, 0.15) is 5.69 Å². The number of aryl methyl sites for hydroxylation is 1. The molecule has 2 aromatic rings. The molecule has 1 saturated heterocycles. The fourth-order valence-electron chi connectivity index (χ4n) is 3.23. The maximum Gasteiger partial charge on any atom is 0.272 e. The van der Waals surface area contributed by atoms with Gasteiger partial charge in [-0.2, -0.15) is 0 Å². The number of hydrogen-bond acceptors (Lipinski definition) is 4. The van der Waals surface area contributed by atoms with Crippen molar-refractivity contribution in [3.8, 4) is 0 Å². The first-order valence-corrected chi connectivity index (χ1v) is 9.13. The maximum atomic E-state index is 12.9. The van der Waals surface area contributed by atoms with E-state index in [4.69, 9.17) is 11.6 Å². The third kappa shape index (κ3) is 4.10. The molecule has 0 saturated carbocycles. The van der Waals surface area contributed by atoms with Crippen LogP contribution in [0.4, 0.5) is 11.6 Å². The van der Waals surface area contributed by atoms with Gasteiger partial charge in [-0.05, 0) is 56.4 Å². The second-order valence-corrected chi connectivity index (χ2v) is 6.84. The number of aromatic nitrogens is 2. The molecule has 1 N–H and O–H groups in total. The summed E-state index contributed by atoms with van der Waals surface area (Å²) in [6.45, 7) is 4.91. The fourth-order valence-corrected chi connectivity index (χ4v) is 3.40. The van der Waals surface area contributed by atoms with E-state index in [2.05, 4.69) is 22.2 Å². The van der Waals surface area contributed by atoms with Gasteiger partial charge in [-0.1, -0.05) is 24.6 Å². The average Bonchev–Trinajstić information content (AvgIpc) is 2.64. The molecule has 0 aliphatic carbocycles. The van der Waals surface area contributed by atoms with E-state index in [1.807, 2.05) is 30.0 Å². The minimum Gasteiger partial charge on any atom is -0.334 e. The van der Waals surface area contributed by atoms with Crippen LogP contribution in [0.3, 0.4) is 0 Å². The Morgan fingerprint density at radius 1 is 1.36 bits per heavy atom. The Hall–Kier alpha value is -2.14. The standard InChI is InChI=1S/C19H23ClN4O/c1-3-15-6-4-5-11-24(15)18(25)16-9-10-21-19(22-16)23-17-12-14(20)8-7-13(17)2/h7-10,12,15H,3-6,11H2,1-2H3,(H,21,22,23). The fraction of sp³-hybridized carbons (Fsp3) is 0.421. The number of amides is 1. The van der Waals surface area contributed by atoms with Crippen molar-refractivity contribution in [2.75, 3.05) is 11.9 Å². The van der Waals surface area contributed by atoms with Crippen molar-refractivity contribution in [3.63, 3.8) is 0 Å². The molecule has 0 radical (unpaired) electrons. The molecule has 1 unspecified atom stereocenters. The summed E-state index contributed by atoms with van der Waals surface area (Å²) in [6, 6.07) is 7.58. The van der Waals surface area contributed by atoms with E-state index < -0.39 is 0 Å². The number of benzene rings is 1. The smallest absolute Gasteiger partial charge is 0.272 e. The molecule has 6 heteroatoms. The zero-order valence-corrected chi connectivity index (χ0v) is 15.4. The highest BCUT2D eigenvalue weighted by Gasteiger charge is 2.27. The second kappa shape index (κ2) is 7.83. The van der Waals surface area contributed by atoms with Crippen molar-refractivity contribution >= 4 is 29.1 Å². The molecule has 3 rings (SSSR count). The third-order valence-corrected chi connectivity index (χ3v) is 4.92. The van der Waals surface area contributed by atoms with Gasteiger partial charge >= 0.3 is 0 Å². The zero-order chi connectivity index (χ0) is 17.8. The Bertz CT molecular complexity index is 765. The molecule has 1 aromatic heterocycles. The Morgan fingerprint density at radius 3 is 3.00 bits per heavy atom.